The van der Waals surface area contributed by atoms with E-state index < -0.39 is 0 Å². The van der Waals surface area contributed by atoms with Crippen molar-refractivity contribution in [1.82, 2.24) is 40.1 Å². The van der Waals surface area contributed by atoms with Gasteiger partial charge in [0.2, 0.25) is 11.7 Å². The second kappa shape index (κ2) is 6.65. The van der Waals surface area contributed by atoms with Crippen LogP contribution in [0.1, 0.15) is 48.4 Å². The van der Waals surface area contributed by atoms with Gasteiger partial charge < -0.3 is 8.94 Å². The minimum atomic E-state index is -0.0965. The Morgan fingerprint density at radius 2 is 2.30 bits per heavy atom. The largest absolute Gasteiger partial charge is 0.467 e. The van der Waals surface area contributed by atoms with Crippen LogP contribution >= 0.6 is 11.8 Å². The molecule has 0 radical (unpaired) electrons. The van der Waals surface area contributed by atoms with Gasteiger partial charge in [-0.3, -0.25) is 9.67 Å². The Balaban J connectivity index is 1.38. The van der Waals surface area contributed by atoms with E-state index in [9.17, 15) is 0 Å². The number of hydrogen-bond acceptors (Lipinski definition) is 9. The van der Waals surface area contributed by atoms with Gasteiger partial charge >= 0.3 is 0 Å². The lowest BCUT2D eigenvalue weighted by Crippen LogP contribution is -2.06. The molecule has 4 heterocycles. The first-order chi connectivity index (χ1) is 13.3. The first-order valence-electron chi connectivity index (χ1n) is 8.59. The lowest BCUT2D eigenvalue weighted by molar-refractivity contribution is 0.380. The number of nitrogens with zero attached hydrogens (tertiary/aromatic N) is 7. The Hall–Kier alpha value is -2.95. The Kier molecular flexibility index (Phi) is 4.00. The maximum absolute atomic E-state index is 5.51. The van der Waals surface area contributed by atoms with Crippen molar-refractivity contribution in [3.8, 4) is 11.6 Å². The molecule has 1 N–H and O–H groups in total. The van der Waals surface area contributed by atoms with E-state index in [4.69, 9.17) is 8.94 Å². The summed E-state index contributed by atoms with van der Waals surface area (Å²) in [6.07, 6.45) is 5.39. The summed E-state index contributed by atoms with van der Waals surface area (Å²) in [6.45, 7) is 2.60. The lowest BCUT2D eigenvalue weighted by Gasteiger charge is -2.10. The van der Waals surface area contributed by atoms with Gasteiger partial charge in [-0.2, -0.15) is 10.1 Å². The number of H-pyrrole nitrogens is 1. The van der Waals surface area contributed by atoms with Gasteiger partial charge in [0.05, 0.1) is 18.1 Å². The highest BCUT2D eigenvalue weighted by Gasteiger charge is 2.31. The van der Waals surface area contributed by atoms with Crippen LogP contribution in [-0.4, -0.2) is 40.1 Å². The summed E-state index contributed by atoms with van der Waals surface area (Å²) in [7, 11) is 0. The Morgan fingerprint density at radius 1 is 1.37 bits per heavy atom. The average molecular weight is 384 g/mol. The first kappa shape index (κ1) is 16.2. The predicted octanol–water partition coefficient (Wildman–Crippen LogP) is 2.82. The molecule has 4 aromatic heterocycles. The SMILES string of the molecule is C[C@@H](Sc1nnc(C2CC2)n1Cc1ccco1)c1nc(-c2ncn[nH]2)no1. The van der Waals surface area contributed by atoms with E-state index in [0.717, 1.165) is 29.6 Å². The lowest BCUT2D eigenvalue weighted by atomic mass is 10.3. The van der Waals surface area contributed by atoms with Crippen molar-refractivity contribution >= 4 is 11.8 Å². The molecule has 27 heavy (non-hydrogen) atoms. The van der Waals surface area contributed by atoms with E-state index in [1.807, 2.05) is 19.1 Å². The molecule has 0 spiro atoms. The van der Waals surface area contributed by atoms with Crippen molar-refractivity contribution in [2.45, 2.75) is 42.6 Å². The molecule has 0 saturated heterocycles. The smallest absolute Gasteiger partial charge is 0.240 e. The maximum atomic E-state index is 5.51. The summed E-state index contributed by atoms with van der Waals surface area (Å²) < 4.78 is 13.0. The third kappa shape index (κ3) is 3.25. The summed E-state index contributed by atoms with van der Waals surface area (Å²) in [5, 5.41) is 20.0. The number of thioether (sulfide) groups is 1. The van der Waals surface area contributed by atoms with Crippen LogP contribution in [0.2, 0.25) is 0 Å². The molecular formula is C16H16N8O2S. The second-order valence-electron chi connectivity index (χ2n) is 6.33. The quantitative estimate of drug-likeness (QED) is 0.479. The molecule has 0 aliphatic heterocycles. The highest BCUT2D eigenvalue weighted by atomic mass is 32.2. The van der Waals surface area contributed by atoms with E-state index in [0.29, 0.717) is 30.0 Å². The monoisotopic (exact) mass is 384 g/mol. The van der Waals surface area contributed by atoms with E-state index in [2.05, 4.69) is 40.1 Å². The average Bonchev–Trinajstić information content (AvgIpc) is 3.19. The van der Waals surface area contributed by atoms with E-state index in [1.165, 1.54) is 18.1 Å². The Bertz CT molecular complexity index is 1020. The van der Waals surface area contributed by atoms with Crippen LogP contribution in [0.25, 0.3) is 11.6 Å². The number of nitrogens with one attached hydrogen (secondary N) is 1. The van der Waals surface area contributed by atoms with Crippen LogP contribution in [0.4, 0.5) is 0 Å². The molecule has 1 saturated carbocycles. The van der Waals surface area contributed by atoms with Gasteiger partial charge in [-0.25, -0.2) is 4.98 Å². The number of aromatic amines is 1. The van der Waals surface area contributed by atoms with Crippen LogP contribution < -0.4 is 0 Å². The van der Waals surface area contributed by atoms with Crippen molar-refractivity contribution in [2.75, 3.05) is 0 Å². The zero-order chi connectivity index (χ0) is 18.2. The van der Waals surface area contributed by atoms with Gasteiger partial charge in [-0.15, -0.1) is 10.2 Å². The molecule has 11 heteroatoms. The van der Waals surface area contributed by atoms with Crippen molar-refractivity contribution < 1.29 is 8.94 Å². The maximum Gasteiger partial charge on any atom is 0.240 e. The molecule has 4 aromatic rings. The van der Waals surface area contributed by atoms with E-state index in [-0.39, 0.29) is 5.25 Å². The number of aromatic nitrogens is 8. The third-order valence-corrected chi connectivity index (χ3v) is 5.35. The molecule has 1 aliphatic carbocycles. The first-order valence-corrected chi connectivity index (χ1v) is 9.47. The third-order valence-electron chi connectivity index (χ3n) is 4.28. The Morgan fingerprint density at radius 3 is 3.04 bits per heavy atom. The zero-order valence-electron chi connectivity index (χ0n) is 14.4. The van der Waals surface area contributed by atoms with Crippen molar-refractivity contribution in [3.05, 3.63) is 42.2 Å². The zero-order valence-corrected chi connectivity index (χ0v) is 15.3. The van der Waals surface area contributed by atoms with Gasteiger partial charge in [0.25, 0.3) is 0 Å². The van der Waals surface area contributed by atoms with E-state index >= 15 is 0 Å². The molecule has 5 rings (SSSR count). The number of rotatable bonds is 7. The van der Waals surface area contributed by atoms with Crippen LogP contribution in [0.3, 0.4) is 0 Å². The summed E-state index contributed by atoms with van der Waals surface area (Å²) in [6, 6.07) is 3.84. The van der Waals surface area contributed by atoms with Crippen LogP contribution in [-0.2, 0) is 6.54 Å². The fraction of sp³-hybridized carbons (Fsp3) is 0.375. The molecule has 138 valence electrons. The highest BCUT2D eigenvalue weighted by molar-refractivity contribution is 7.99. The Labute approximate surface area is 157 Å². The summed E-state index contributed by atoms with van der Waals surface area (Å²) in [4.78, 5) is 8.43. The molecular weight excluding hydrogens is 368 g/mol. The van der Waals surface area contributed by atoms with Crippen LogP contribution in [0.15, 0.2) is 38.8 Å². The molecule has 0 amide bonds. The summed E-state index contributed by atoms with van der Waals surface area (Å²) in [5.41, 5.74) is 0. The molecule has 0 unspecified atom stereocenters. The highest BCUT2D eigenvalue weighted by Crippen LogP contribution is 2.42. The number of furan rings is 1. The predicted molar refractivity (Wildman–Crippen MR) is 93.8 cm³/mol. The second-order valence-corrected chi connectivity index (χ2v) is 7.64. The van der Waals surface area contributed by atoms with Crippen LogP contribution in [0, 0.1) is 0 Å². The van der Waals surface area contributed by atoms with Gasteiger partial charge in [0.15, 0.2) is 11.0 Å². The van der Waals surface area contributed by atoms with Gasteiger partial charge in [0.1, 0.15) is 17.9 Å². The van der Waals surface area contributed by atoms with Crippen molar-refractivity contribution in [2.24, 2.45) is 0 Å². The fourth-order valence-electron chi connectivity index (χ4n) is 2.76. The molecule has 1 fully saturated rings. The van der Waals surface area contributed by atoms with Gasteiger partial charge in [0, 0.05) is 5.92 Å². The topological polar surface area (TPSA) is 124 Å². The van der Waals surface area contributed by atoms with Gasteiger partial charge in [-0.05, 0) is 31.9 Å². The molecule has 1 atom stereocenters. The van der Waals surface area contributed by atoms with Gasteiger partial charge in [-0.1, -0.05) is 16.9 Å². The molecule has 0 aromatic carbocycles. The number of hydrogen-bond donors (Lipinski definition) is 1. The minimum Gasteiger partial charge on any atom is -0.467 e. The standard InChI is InChI=1S/C16H16N8O2S/c1-9(15-19-13(23-26-15)12-17-8-18-20-12)27-16-22-21-14(10-4-5-10)24(16)7-11-3-2-6-25-11/h2-3,6,8-10H,4-5,7H2,1H3,(H,17,18,20)/t9-/m1/s1. The van der Waals surface area contributed by atoms with Crippen molar-refractivity contribution in [1.29, 1.82) is 0 Å². The van der Waals surface area contributed by atoms with E-state index in [1.54, 1.807) is 6.26 Å². The molecule has 1 aliphatic rings. The molecule has 0 bridgehead atoms. The molecule has 10 nitrogen and oxygen atoms in total. The summed E-state index contributed by atoms with van der Waals surface area (Å²) in [5.74, 6) is 3.71. The normalized spacial score (nSPS) is 15.3. The van der Waals surface area contributed by atoms with Crippen molar-refractivity contribution in [3.63, 3.8) is 0 Å². The minimum absolute atomic E-state index is 0.0965. The summed E-state index contributed by atoms with van der Waals surface area (Å²) >= 11 is 1.53. The van der Waals surface area contributed by atoms with Crippen LogP contribution in [0.5, 0.6) is 0 Å². The fourth-order valence-corrected chi connectivity index (χ4v) is 3.64.